The zero-order valence-electron chi connectivity index (χ0n) is 10.4. The lowest BCUT2D eigenvalue weighted by atomic mass is 10.2. The number of benzene rings is 2. The predicted octanol–water partition coefficient (Wildman–Crippen LogP) is 3.94. The van der Waals surface area contributed by atoms with Gasteiger partial charge in [-0.1, -0.05) is 33.6 Å². The Bertz CT molecular complexity index is 789. The maximum Gasteiger partial charge on any atom is 0.188 e. The van der Waals surface area contributed by atoms with E-state index in [1.54, 1.807) is 6.07 Å². The molecule has 2 N–H and O–H groups in total. The van der Waals surface area contributed by atoms with Gasteiger partial charge in [0.05, 0.1) is 5.75 Å². The molecule has 2 aromatic carbocycles. The van der Waals surface area contributed by atoms with Gasteiger partial charge in [0.1, 0.15) is 16.5 Å². The summed E-state index contributed by atoms with van der Waals surface area (Å²) in [5, 5.41) is 0.184. The lowest BCUT2D eigenvalue weighted by Gasteiger charge is -2.09. The Kier molecular flexibility index (Phi) is 4.55. The predicted molar refractivity (Wildman–Crippen MR) is 80.8 cm³/mol. The van der Waals surface area contributed by atoms with E-state index in [-0.39, 0.29) is 16.3 Å². The van der Waals surface area contributed by atoms with E-state index >= 15 is 0 Å². The average Bonchev–Trinajstić information content (AvgIpc) is 2.30. The molecule has 0 aliphatic rings. The van der Waals surface area contributed by atoms with Crippen LogP contribution in [-0.4, -0.2) is 8.42 Å². The Morgan fingerprint density at radius 2 is 1.71 bits per heavy atom. The van der Waals surface area contributed by atoms with Crippen LogP contribution in [0.5, 0.6) is 0 Å². The third-order valence-electron chi connectivity index (χ3n) is 2.69. The minimum absolute atomic E-state index is 0.184. The molecular weight excluding hydrogens is 388 g/mol. The van der Waals surface area contributed by atoms with Gasteiger partial charge in [-0.2, -0.15) is 0 Å². The van der Waals surface area contributed by atoms with Gasteiger partial charge in [0.25, 0.3) is 0 Å². The summed E-state index contributed by atoms with van der Waals surface area (Å²) in [6.07, 6.45) is 0. The molecular formula is C13H9BrClF2NO2S. The van der Waals surface area contributed by atoms with Gasteiger partial charge in [-0.3, -0.25) is 0 Å². The molecule has 2 aromatic rings. The maximum atomic E-state index is 13.7. The fourth-order valence-corrected chi connectivity index (χ4v) is 4.13. The largest absolute Gasteiger partial charge is 0.399 e. The van der Waals surface area contributed by atoms with E-state index in [2.05, 4.69) is 15.9 Å². The number of anilines is 1. The molecule has 0 amide bonds. The lowest BCUT2D eigenvalue weighted by molar-refractivity contribution is 0.520. The first-order chi connectivity index (χ1) is 9.70. The number of hydrogen-bond donors (Lipinski definition) is 1. The van der Waals surface area contributed by atoms with Crippen LogP contribution < -0.4 is 5.73 Å². The molecule has 0 spiro atoms. The molecule has 0 unspecified atom stereocenters. The number of sulfone groups is 1. The summed E-state index contributed by atoms with van der Waals surface area (Å²) in [4.78, 5) is -1.00. The summed E-state index contributed by atoms with van der Waals surface area (Å²) in [5.41, 5.74) is 5.32. The highest BCUT2D eigenvalue weighted by Crippen LogP contribution is 2.28. The second-order valence-electron chi connectivity index (χ2n) is 4.31. The minimum atomic E-state index is -4.23. The molecule has 0 saturated carbocycles. The van der Waals surface area contributed by atoms with Gasteiger partial charge in [-0.15, -0.1) is 0 Å². The first-order valence-electron chi connectivity index (χ1n) is 5.62. The van der Waals surface area contributed by atoms with Crippen molar-refractivity contribution in [2.75, 3.05) is 5.73 Å². The Morgan fingerprint density at radius 1 is 1.14 bits per heavy atom. The number of halogens is 4. The summed E-state index contributed by atoms with van der Waals surface area (Å²) in [7, 11) is -4.23. The van der Waals surface area contributed by atoms with Gasteiger partial charge in [0, 0.05) is 15.2 Å². The van der Waals surface area contributed by atoms with E-state index in [4.69, 9.17) is 17.3 Å². The Morgan fingerprint density at radius 3 is 2.24 bits per heavy atom. The van der Waals surface area contributed by atoms with Crippen molar-refractivity contribution < 1.29 is 17.2 Å². The first-order valence-corrected chi connectivity index (χ1v) is 8.44. The van der Waals surface area contributed by atoms with E-state index in [9.17, 15) is 17.2 Å². The van der Waals surface area contributed by atoms with Crippen molar-refractivity contribution in [2.24, 2.45) is 0 Å². The zero-order valence-corrected chi connectivity index (χ0v) is 13.6. The molecule has 0 aromatic heterocycles. The molecule has 0 atom stereocenters. The monoisotopic (exact) mass is 395 g/mol. The third kappa shape index (κ3) is 3.53. The van der Waals surface area contributed by atoms with Crippen molar-refractivity contribution >= 4 is 43.1 Å². The van der Waals surface area contributed by atoms with Crippen LogP contribution in [0.2, 0.25) is 5.02 Å². The van der Waals surface area contributed by atoms with Gasteiger partial charge >= 0.3 is 0 Å². The van der Waals surface area contributed by atoms with Crippen molar-refractivity contribution in [2.45, 2.75) is 10.6 Å². The highest BCUT2D eigenvalue weighted by atomic mass is 79.9. The Hall–Kier alpha value is -1.18. The lowest BCUT2D eigenvalue weighted by Crippen LogP contribution is -2.11. The summed E-state index contributed by atoms with van der Waals surface area (Å²) in [5.74, 6) is -3.06. The molecule has 0 radical (unpaired) electrons. The molecule has 0 heterocycles. The first kappa shape index (κ1) is 16.2. The van der Waals surface area contributed by atoms with Crippen LogP contribution in [-0.2, 0) is 15.6 Å². The van der Waals surface area contributed by atoms with Crippen LogP contribution in [0.1, 0.15) is 5.56 Å². The van der Waals surface area contributed by atoms with Crippen molar-refractivity contribution in [1.29, 1.82) is 0 Å². The van der Waals surface area contributed by atoms with Crippen molar-refractivity contribution in [3.8, 4) is 0 Å². The van der Waals surface area contributed by atoms with E-state index in [0.717, 1.165) is 12.1 Å². The molecule has 3 nitrogen and oxygen atoms in total. The van der Waals surface area contributed by atoms with Gasteiger partial charge < -0.3 is 5.73 Å². The molecule has 8 heteroatoms. The van der Waals surface area contributed by atoms with E-state index in [0.29, 0.717) is 4.47 Å². The molecule has 112 valence electrons. The minimum Gasteiger partial charge on any atom is -0.399 e. The fraction of sp³-hybridized carbons (Fsp3) is 0.0769. The Balaban J connectivity index is 2.48. The molecule has 0 aliphatic carbocycles. The number of hydrogen-bond acceptors (Lipinski definition) is 3. The smallest absolute Gasteiger partial charge is 0.188 e. The third-order valence-corrected chi connectivity index (χ3v) is 5.24. The molecule has 0 fully saturated rings. The molecule has 2 rings (SSSR count). The van der Waals surface area contributed by atoms with Gasteiger partial charge in [0.2, 0.25) is 0 Å². The maximum absolute atomic E-state index is 13.7. The van der Waals surface area contributed by atoms with Crippen LogP contribution in [0, 0.1) is 11.6 Å². The second kappa shape index (κ2) is 5.90. The van der Waals surface area contributed by atoms with Crippen LogP contribution in [0.4, 0.5) is 14.5 Å². The zero-order chi connectivity index (χ0) is 15.8. The Labute approximate surface area is 133 Å². The highest BCUT2D eigenvalue weighted by molar-refractivity contribution is 9.10. The van der Waals surface area contributed by atoms with E-state index in [1.165, 1.54) is 12.1 Å². The quantitative estimate of drug-likeness (QED) is 0.800. The van der Waals surface area contributed by atoms with Gasteiger partial charge in [-0.05, 0) is 29.8 Å². The van der Waals surface area contributed by atoms with E-state index < -0.39 is 32.1 Å². The number of nitrogens with two attached hydrogens (primary N) is 1. The molecule has 0 aliphatic heterocycles. The summed E-state index contributed by atoms with van der Waals surface area (Å²) >= 11 is 9.11. The summed E-state index contributed by atoms with van der Waals surface area (Å²) in [6.45, 7) is 0. The molecule has 21 heavy (non-hydrogen) atoms. The summed E-state index contributed by atoms with van der Waals surface area (Å²) < 4.78 is 52.5. The van der Waals surface area contributed by atoms with Crippen LogP contribution >= 0.6 is 27.5 Å². The number of nitrogen functional groups attached to an aromatic ring is 1. The standard InChI is InChI=1S/C13H9BrClF2NO2S/c14-8-2-1-7(10(15)3-8)6-21(19,20)13-11(16)4-9(18)5-12(13)17/h1-5H,6,18H2. The SMILES string of the molecule is Nc1cc(F)c(S(=O)(=O)Cc2ccc(Br)cc2Cl)c(F)c1. The topological polar surface area (TPSA) is 60.2 Å². The highest BCUT2D eigenvalue weighted by Gasteiger charge is 2.25. The normalized spacial score (nSPS) is 11.6. The van der Waals surface area contributed by atoms with Crippen LogP contribution in [0.25, 0.3) is 0 Å². The fourth-order valence-electron chi connectivity index (χ4n) is 1.79. The summed E-state index contributed by atoms with van der Waals surface area (Å²) in [6, 6.07) is 6.09. The molecule has 0 bridgehead atoms. The van der Waals surface area contributed by atoms with Crippen molar-refractivity contribution in [3.63, 3.8) is 0 Å². The van der Waals surface area contributed by atoms with Crippen molar-refractivity contribution in [3.05, 3.63) is 57.0 Å². The second-order valence-corrected chi connectivity index (χ2v) is 7.56. The van der Waals surface area contributed by atoms with Crippen LogP contribution in [0.15, 0.2) is 39.7 Å². The average molecular weight is 397 g/mol. The van der Waals surface area contributed by atoms with Gasteiger partial charge in [0.15, 0.2) is 9.84 Å². The van der Waals surface area contributed by atoms with Crippen molar-refractivity contribution in [1.82, 2.24) is 0 Å². The van der Waals surface area contributed by atoms with E-state index in [1.807, 2.05) is 0 Å². The number of rotatable bonds is 3. The van der Waals surface area contributed by atoms with Crippen LogP contribution in [0.3, 0.4) is 0 Å². The van der Waals surface area contributed by atoms with Gasteiger partial charge in [-0.25, -0.2) is 17.2 Å². The molecule has 0 saturated heterocycles.